The van der Waals surface area contributed by atoms with Crippen molar-refractivity contribution in [2.45, 2.75) is 19.9 Å². The van der Waals surface area contributed by atoms with Crippen LogP contribution in [0.3, 0.4) is 0 Å². The molecule has 1 aliphatic rings. The Labute approximate surface area is 183 Å². The number of benzene rings is 1. The van der Waals surface area contributed by atoms with Crippen molar-refractivity contribution in [1.82, 2.24) is 25.2 Å². The van der Waals surface area contributed by atoms with Crippen LogP contribution in [0.5, 0.6) is 0 Å². The van der Waals surface area contributed by atoms with E-state index in [9.17, 15) is 14.0 Å². The molecule has 1 aromatic carbocycles. The molecule has 0 radical (unpaired) electrons. The number of carbonyl (C=O) groups is 1. The molecule has 1 unspecified atom stereocenters. The molecule has 1 fully saturated rings. The molecule has 10 heteroatoms. The zero-order chi connectivity index (χ0) is 23.0. The summed E-state index contributed by atoms with van der Waals surface area (Å²) in [7, 11) is 1.46. The number of halogens is 2. The third-order valence-electron chi connectivity index (χ3n) is 5.95. The summed E-state index contributed by atoms with van der Waals surface area (Å²) in [6.45, 7) is 5.69. The van der Waals surface area contributed by atoms with Crippen LogP contribution in [-0.2, 0) is 0 Å². The number of rotatable bonds is 4. The van der Waals surface area contributed by atoms with E-state index >= 15 is 4.39 Å². The number of hydrogen-bond donors (Lipinski definition) is 2. The standard InChI is InChI=1S/C22H24F2N6O2/c1-12-21(31)28-19-15(26-12)5-4-14(18(19)23)13(2)29-8-10-30(11-9-29)17-7-6-16(22(32)25-3)27-20(17)24/h4-7,13H,8-11H2,1-3H3,(H,25,32)(H,28,31). The number of nitrogens with one attached hydrogen (secondary N) is 2. The molecule has 1 saturated heterocycles. The van der Waals surface area contributed by atoms with Gasteiger partial charge in [-0.05, 0) is 32.0 Å². The maximum absolute atomic E-state index is 15.2. The summed E-state index contributed by atoms with van der Waals surface area (Å²) >= 11 is 0. The van der Waals surface area contributed by atoms with Gasteiger partial charge in [0.2, 0.25) is 5.95 Å². The largest absolute Gasteiger partial charge is 0.365 e. The van der Waals surface area contributed by atoms with Crippen LogP contribution in [-0.4, -0.2) is 59.0 Å². The Kier molecular flexibility index (Phi) is 5.88. The second kappa shape index (κ2) is 8.62. The van der Waals surface area contributed by atoms with Crippen molar-refractivity contribution in [3.05, 3.63) is 63.3 Å². The molecule has 1 atom stereocenters. The fourth-order valence-corrected chi connectivity index (χ4v) is 4.02. The molecule has 0 bridgehead atoms. The lowest BCUT2D eigenvalue weighted by Gasteiger charge is -2.39. The molecule has 0 aliphatic carbocycles. The Balaban J connectivity index is 1.50. The summed E-state index contributed by atoms with van der Waals surface area (Å²) in [5, 5.41) is 2.42. The van der Waals surface area contributed by atoms with E-state index in [2.05, 4.69) is 25.2 Å². The number of pyridine rings is 1. The molecule has 32 heavy (non-hydrogen) atoms. The summed E-state index contributed by atoms with van der Waals surface area (Å²) in [4.78, 5) is 38.0. The molecule has 1 aliphatic heterocycles. The van der Waals surface area contributed by atoms with E-state index in [4.69, 9.17) is 0 Å². The van der Waals surface area contributed by atoms with Crippen LogP contribution in [0.4, 0.5) is 14.5 Å². The Morgan fingerprint density at radius 2 is 1.84 bits per heavy atom. The minimum Gasteiger partial charge on any atom is -0.365 e. The molecule has 0 spiro atoms. The first-order chi connectivity index (χ1) is 15.3. The maximum atomic E-state index is 15.2. The van der Waals surface area contributed by atoms with Crippen LogP contribution in [0.25, 0.3) is 11.0 Å². The van der Waals surface area contributed by atoms with E-state index in [1.165, 1.54) is 13.1 Å². The van der Waals surface area contributed by atoms with Crippen LogP contribution < -0.4 is 15.8 Å². The Bertz CT molecular complexity index is 1240. The minimum atomic E-state index is -0.695. The van der Waals surface area contributed by atoms with Gasteiger partial charge in [0.15, 0.2) is 5.82 Å². The van der Waals surface area contributed by atoms with Crippen molar-refractivity contribution in [3.8, 4) is 0 Å². The molecule has 1 amide bonds. The van der Waals surface area contributed by atoms with Gasteiger partial charge in [0.05, 0.1) is 11.2 Å². The van der Waals surface area contributed by atoms with Gasteiger partial charge in [-0.2, -0.15) is 4.39 Å². The highest BCUT2D eigenvalue weighted by atomic mass is 19.1. The average molecular weight is 442 g/mol. The molecule has 8 nitrogen and oxygen atoms in total. The highest BCUT2D eigenvalue weighted by molar-refractivity contribution is 5.92. The van der Waals surface area contributed by atoms with E-state index < -0.39 is 23.2 Å². The Morgan fingerprint density at radius 3 is 2.50 bits per heavy atom. The quantitative estimate of drug-likeness (QED) is 0.602. The zero-order valence-corrected chi connectivity index (χ0v) is 18.1. The number of nitrogens with zero attached hydrogens (tertiary/aromatic N) is 4. The van der Waals surface area contributed by atoms with E-state index in [0.29, 0.717) is 48.6 Å². The molecule has 3 aromatic rings. The van der Waals surface area contributed by atoms with Crippen molar-refractivity contribution < 1.29 is 13.6 Å². The molecule has 2 N–H and O–H groups in total. The summed E-state index contributed by atoms with van der Waals surface area (Å²) in [5.74, 6) is -1.62. The van der Waals surface area contributed by atoms with Gasteiger partial charge in [0.25, 0.3) is 11.5 Å². The number of anilines is 1. The SMILES string of the molecule is CNC(=O)c1ccc(N2CCN(C(C)c3ccc4nc(C)c(=O)[nH]c4c3F)CC2)c(F)n1. The molecular formula is C22H24F2N6O2. The predicted octanol–water partition coefficient (Wildman–Crippen LogP) is 2.15. The second-order valence-electron chi connectivity index (χ2n) is 7.80. The van der Waals surface area contributed by atoms with Crippen LogP contribution in [0.15, 0.2) is 29.1 Å². The second-order valence-corrected chi connectivity index (χ2v) is 7.80. The van der Waals surface area contributed by atoms with Crippen LogP contribution in [0.2, 0.25) is 0 Å². The van der Waals surface area contributed by atoms with Crippen LogP contribution in [0, 0.1) is 18.7 Å². The lowest BCUT2D eigenvalue weighted by molar-refractivity contribution is 0.0957. The van der Waals surface area contributed by atoms with Gasteiger partial charge < -0.3 is 15.2 Å². The first-order valence-corrected chi connectivity index (χ1v) is 10.4. The summed E-state index contributed by atoms with van der Waals surface area (Å²) < 4.78 is 29.7. The van der Waals surface area contributed by atoms with Gasteiger partial charge in [-0.1, -0.05) is 6.07 Å². The molecule has 4 rings (SSSR count). The summed E-state index contributed by atoms with van der Waals surface area (Å²) in [5.41, 5.74) is 1.22. The molecule has 168 valence electrons. The third kappa shape index (κ3) is 3.93. The van der Waals surface area contributed by atoms with E-state index in [-0.39, 0.29) is 17.3 Å². The van der Waals surface area contributed by atoms with E-state index in [1.54, 1.807) is 25.1 Å². The van der Waals surface area contributed by atoms with Gasteiger partial charge >= 0.3 is 0 Å². The number of aromatic nitrogens is 3. The number of H-pyrrole nitrogens is 1. The lowest BCUT2D eigenvalue weighted by atomic mass is 10.0. The zero-order valence-electron chi connectivity index (χ0n) is 18.1. The summed E-state index contributed by atoms with van der Waals surface area (Å²) in [6, 6.07) is 6.21. The first kappa shape index (κ1) is 21.8. The van der Waals surface area contributed by atoms with Gasteiger partial charge in [-0.15, -0.1) is 0 Å². The number of aromatic amines is 1. The van der Waals surface area contributed by atoms with Crippen molar-refractivity contribution >= 4 is 22.6 Å². The van der Waals surface area contributed by atoms with E-state index in [0.717, 1.165) is 0 Å². The highest BCUT2D eigenvalue weighted by Gasteiger charge is 2.26. The molecule has 2 aromatic heterocycles. The molecule has 0 saturated carbocycles. The lowest BCUT2D eigenvalue weighted by Crippen LogP contribution is -2.47. The monoisotopic (exact) mass is 442 g/mol. The minimum absolute atomic E-state index is 0.0236. The molecule has 3 heterocycles. The number of carbonyl (C=O) groups excluding carboxylic acids is 1. The molecular weight excluding hydrogens is 418 g/mol. The highest BCUT2D eigenvalue weighted by Crippen LogP contribution is 2.29. The smallest absolute Gasteiger partial charge is 0.269 e. The number of aryl methyl sites for hydroxylation is 1. The van der Waals surface area contributed by atoms with Crippen LogP contribution >= 0.6 is 0 Å². The van der Waals surface area contributed by atoms with Crippen molar-refractivity contribution in [2.75, 3.05) is 38.1 Å². The number of fused-ring (bicyclic) bond motifs is 1. The first-order valence-electron chi connectivity index (χ1n) is 10.4. The summed E-state index contributed by atoms with van der Waals surface area (Å²) in [6.07, 6.45) is 0. The van der Waals surface area contributed by atoms with Crippen LogP contribution in [0.1, 0.15) is 34.7 Å². The van der Waals surface area contributed by atoms with Gasteiger partial charge in [-0.25, -0.2) is 14.4 Å². The number of piperazine rings is 1. The van der Waals surface area contributed by atoms with Gasteiger partial charge in [-0.3, -0.25) is 14.5 Å². The number of hydrogen-bond acceptors (Lipinski definition) is 6. The van der Waals surface area contributed by atoms with Crippen molar-refractivity contribution in [1.29, 1.82) is 0 Å². The Hall–Kier alpha value is -3.40. The topological polar surface area (TPSA) is 94.2 Å². The fraction of sp³-hybridized carbons (Fsp3) is 0.364. The predicted molar refractivity (Wildman–Crippen MR) is 117 cm³/mol. The fourth-order valence-electron chi connectivity index (χ4n) is 4.02. The maximum Gasteiger partial charge on any atom is 0.269 e. The van der Waals surface area contributed by atoms with Crippen molar-refractivity contribution in [2.24, 2.45) is 0 Å². The van der Waals surface area contributed by atoms with Crippen molar-refractivity contribution in [3.63, 3.8) is 0 Å². The van der Waals surface area contributed by atoms with Gasteiger partial charge in [0.1, 0.15) is 16.9 Å². The van der Waals surface area contributed by atoms with E-state index in [1.807, 2.05) is 11.8 Å². The van der Waals surface area contributed by atoms with Gasteiger partial charge in [0, 0.05) is 44.8 Å². The Morgan fingerprint density at radius 1 is 1.12 bits per heavy atom. The third-order valence-corrected chi connectivity index (χ3v) is 5.95. The average Bonchev–Trinajstić information content (AvgIpc) is 2.80. The number of amides is 1. The normalized spacial score (nSPS) is 15.7.